The normalized spacial score (nSPS) is 10.8. The van der Waals surface area contributed by atoms with Crippen molar-refractivity contribution in [2.45, 2.75) is 134 Å². The smallest absolute Gasteiger partial charge is 0.137 e. The SMILES string of the molecule is CC(C)CCCc1cccnc1.CC(C)CCc1cncnc1.Cc1noc(C)c1CC(C)C.Cc1noc(C)c1CCC(C)C. The van der Waals surface area contributed by atoms with Gasteiger partial charge in [-0.15, -0.1) is 0 Å². The Labute approximate surface area is 280 Å². The first-order valence-corrected chi connectivity index (χ1v) is 17.3. The Morgan fingerprint density at radius 1 is 0.565 bits per heavy atom. The Kier molecular flexibility index (Phi) is 20.4. The van der Waals surface area contributed by atoms with Crippen LogP contribution in [-0.2, 0) is 25.7 Å². The summed E-state index contributed by atoms with van der Waals surface area (Å²) in [5.41, 5.74) is 7.26. The van der Waals surface area contributed by atoms with E-state index in [-0.39, 0.29) is 0 Å². The van der Waals surface area contributed by atoms with Crippen molar-refractivity contribution in [3.05, 3.63) is 88.4 Å². The molecule has 0 aliphatic heterocycles. The Hall–Kier alpha value is -3.35. The molecule has 0 aromatic carbocycles. The van der Waals surface area contributed by atoms with Gasteiger partial charge in [0.25, 0.3) is 0 Å². The highest BCUT2D eigenvalue weighted by molar-refractivity contribution is 5.21. The second kappa shape index (κ2) is 23.0. The van der Waals surface area contributed by atoms with Gasteiger partial charge >= 0.3 is 0 Å². The van der Waals surface area contributed by atoms with E-state index in [9.17, 15) is 0 Å². The third kappa shape index (κ3) is 18.6. The van der Waals surface area contributed by atoms with Gasteiger partial charge in [0.05, 0.1) is 11.4 Å². The van der Waals surface area contributed by atoms with Crippen LogP contribution in [0.25, 0.3) is 0 Å². The van der Waals surface area contributed by atoms with E-state index in [1.54, 1.807) is 6.33 Å². The first kappa shape index (κ1) is 40.7. The molecule has 0 fully saturated rings. The van der Waals surface area contributed by atoms with Crippen molar-refractivity contribution in [3.8, 4) is 0 Å². The Balaban J connectivity index is 0.000000307. The fraction of sp³-hybridized carbons (Fsp3) is 0.615. The number of hydrogen-bond acceptors (Lipinski definition) is 7. The van der Waals surface area contributed by atoms with Crippen molar-refractivity contribution in [1.82, 2.24) is 25.3 Å². The van der Waals surface area contributed by atoms with Gasteiger partial charge in [-0.25, -0.2) is 9.97 Å². The summed E-state index contributed by atoms with van der Waals surface area (Å²) in [7, 11) is 0. The van der Waals surface area contributed by atoms with Crippen molar-refractivity contribution in [2.75, 3.05) is 0 Å². The van der Waals surface area contributed by atoms with E-state index in [0.717, 1.165) is 59.9 Å². The molecule has 4 aromatic rings. The molecule has 0 radical (unpaired) electrons. The quantitative estimate of drug-likeness (QED) is 0.153. The first-order valence-electron chi connectivity index (χ1n) is 17.3. The molecule has 46 heavy (non-hydrogen) atoms. The molecule has 0 N–H and O–H groups in total. The second-order valence-corrected chi connectivity index (χ2v) is 14.0. The summed E-state index contributed by atoms with van der Waals surface area (Å²) >= 11 is 0. The van der Waals surface area contributed by atoms with E-state index in [2.05, 4.69) is 86.7 Å². The van der Waals surface area contributed by atoms with E-state index in [4.69, 9.17) is 9.05 Å². The van der Waals surface area contributed by atoms with Crippen molar-refractivity contribution < 1.29 is 9.05 Å². The van der Waals surface area contributed by atoms with Gasteiger partial charge in [0.2, 0.25) is 0 Å². The number of pyridine rings is 1. The molecule has 0 saturated carbocycles. The summed E-state index contributed by atoms with van der Waals surface area (Å²) in [6, 6.07) is 4.15. The zero-order chi connectivity index (χ0) is 34.5. The lowest BCUT2D eigenvalue weighted by Gasteiger charge is -2.03. The number of hydrogen-bond donors (Lipinski definition) is 0. The number of aromatic nitrogens is 5. The van der Waals surface area contributed by atoms with E-state index >= 15 is 0 Å². The fourth-order valence-electron chi connectivity index (χ4n) is 4.67. The van der Waals surface area contributed by atoms with Crippen molar-refractivity contribution in [2.24, 2.45) is 23.7 Å². The van der Waals surface area contributed by atoms with Crippen LogP contribution in [0.3, 0.4) is 0 Å². The van der Waals surface area contributed by atoms with Gasteiger partial charge in [0.15, 0.2) is 0 Å². The standard InChI is InChI=1S/C11H17N.C10H17NO.C9H14N2.C9H15NO/c1-10(2)5-3-6-11-7-4-8-12-9-11;1-7(2)5-6-10-8(3)11-12-9(10)4;1-8(2)3-4-9-5-10-7-11-6-9;1-6(2)5-9-7(3)10-11-8(9)4/h4,7-10H,3,5-6H2,1-2H3;7H,5-6H2,1-4H3;5-8H,3-4H2,1-2H3;6H,5H2,1-4H3. The average Bonchev–Trinajstić information content (AvgIpc) is 3.50. The molecule has 0 spiro atoms. The molecule has 0 unspecified atom stereocenters. The molecule has 7 heteroatoms. The van der Waals surface area contributed by atoms with Crippen LogP contribution in [-0.4, -0.2) is 25.3 Å². The molecule has 0 atom stereocenters. The molecular formula is C39H63N5O2. The zero-order valence-electron chi connectivity index (χ0n) is 31.1. The Bertz CT molecular complexity index is 1260. The molecule has 0 amide bonds. The molecule has 256 valence electrons. The second-order valence-electron chi connectivity index (χ2n) is 14.0. The summed E-state index contributed by atoms with van der Waals surface area (Å²) < 4.78 is 10.1. The van der Waals surface area contributed by atoms with E-state index in [1.807, 2.05) is 58.5 Å². The largest absolute Gasteiger partial charge is 0.361 e. The predicted molar refractivity (Wildman–Crippen MR) is 191 cm³/mol. The zero-order valence-corrected chi connectivity index (χ0v) is 31.1. The van der Waals surface area contributed by atoms with Gasteiger partial charge in [-0.05, 0) is 114 Å². The Morgan fingerprint density at radius 3 is 1.54 bits per heavy atom. The van der Waals surface area contributed by atoms with Crippen molar-refractivity contribution >= 4 is 0 Å². The maximum atomic E-state index is 5.08. The number of nitrogens with zero attached hydrogens (tertiary/aromatic N) is 5. The summed E-state index contributed by atoms with van der Waals surface area (Å²) in [6.07, 6.45) is 18.6. The maximum Gasteiger partial charge on any atom is 0.137 e. The summed E-state index contributed by atoms with van der Waals surface area (Å²) in [4.78, 5) is 12.0. The topological polar surface area (TPSA) is 90.7 Å². The third-order valence-electron chi connectivity index (χ3n) is 7.54. The molecule has 4 aromatic heterocycles. The van der Waals surface area contributed by atoms with Crippen LogP contribution in [0.15, 0.2) is 52.3 Å². The summed E-state index contributed by atoms with van der Waals surface area (Å²) in [5, 5.41) is 7.81. The monoisotopic (exact) mass is 633 g/mol. The van der Waals surface area contributed by atoms with Gasteiger partial charge in [0.1, 0.15) is 17.8 Å². The average molecular weight is 634 g/mol. The molecule has 7 nitrogen and oxygen atoms in total. The Morgan fingerprint density at radius 2 is 1.09 bits per heavy atom. The lowest BCUT2D eigenvalue weighted by atomic mass is 10.0. The molecule has 4 rings (SSSR count). The number of aryl methyl sites for hydroxylation is 6. The van der Waals surface area contributed by atoms with E-state index in [1.165, 1.54) is 54.4 Å². The van der Waals surface area contributed by atoms with Crippen LogP contribution in [0, 0.1) is 51.4 Å². The van der Waals surface area contributed by atoms with Crippen LogP contribution in [0.1, 0.15) is 126 Å². The van der Waals surface area contributed by atoms with E-state index < -0.39 is 0 Å². The van der Waals surface area contributed by atoms with Gasteiger partial charge < -0.3 is 9.05 Å². The fourth-order valence-corrected chi connectivity index (χ4v) is 4.67. The highest BCUT2D eigenvalue weighted by Gasteiger charge is 2.10. The van der Waals surface area contributed by atoms with Gasteiger partial charge in [-0.3, -0.25) is 4.98 Å². The number of rotatable bonds is 12. The minimum Gasteiger partial charge on any atom is -0.361 e. The minimum absolute atomic E-state index is 0.673. The van der Waals surface area contributed by atoms with Crippen molar-refractivity contribution in [1.29, 1.82) is 0 Å². The molecule has 0 bridgehead atoms. The van der Waals surface area contributed by atoms with E-state index in [0.29, 0.717) is 5.92 Å². The highest BCUT2D eigenvalue weighted by Crippen LogP contribution is 2.17. The predicted octanol–water partition coefficient (Wildman–Crippen LogP) is 10.5. The van der Waals surface area contributed by atoms with Crippen LogP contribution < -0.4 is 0 Å². The lowest BCUT2D eigenvalue weighted by Crippen LogP contribution is -1.95. The maximum absolute atomic E-state index is 5.08. The van der Waals surface area contributed by atoms with Crippen LogP contribution in [0.2, 0.25) is 0 Å². The van der Waals surface area contributed by atoms with Crippen molar-refractivity contribution in [3.63, 3.8) is 0 Å². The third-order valence-corrected chi connectivity index (χ3v) is 7.54. The molecule has 0 saturated heterocycles. The first-order chi connectivity index (χ1) is 21.8. The van der Waals surface area contributed by atoms with Gasteiger partial charge in [0, 0.05) is 35.9 Å². The summed E-state index contributed by atoms with van der Waals surface area (Å²) in [5.74, 6) is 4.95. The van der Waals surface area contributed by atoms with Crippen LogP contribution in [0.5, 0.6) is 0 Å². The molecule has 0 aliphatic rings. The van der Waals surface area contributed by atoms with Crippen LogP contribution >= 0.6 is 0 Å². The minimum atomic E-state index is 0.673. The lowest BCUT2D eigenvalue weighted by molar-refractivity contribution is 0.391. The summed E-state index contributed by atoms with van der Waals surface area (Å²) in [6.45, 7) is 25.8. The van der Waals surface area contributed by atoms with Gasteiger partial charge in [-0.2, -0.15) is 0 Å². The van der Waals surface area contributed by atoms with Gasteiger partial charge in [-0.1, -0.05) is 78.2 Å². The van der Waals surface area contributed by atoms with Crippen LogP contribution in [0.4, 0.5) is 0 Å². The molecule has 0 aliphatic carbocycles. The molecule has 4 heterocycles. The highest BCUT2D eigenvalue weighted by atomic mass is 16.5. The molecular weight excluding hydrogens is 570 g/mol.